The average molecular weight is 271 g/mol. The van der Waals surface area contributed by atoms with E-state index in [1.807, 2.05) is 25.1 Å². The first kappa shape index (κ1) is 12.3. The van der Waals surface area contributed by atoms with Gasteiger partial charge in [-0.1, -0.05) is 17.2 Å². The Balaban J connectivity index is 1.65. The molecule has 0 radical (unpaired) electrons. The van der Waals surface area contributed by atoms with Crippen molar-refractivity contribution in [3.05, 3.63) is 42.2 Å². The number of aryl methyl sites for hydroxylation is 1. The van der Waals surface area contributed by atoms with Gasteiger partial charge in [0.05, 0.1) is 6.54 Å². The lowest BCUT2D eigenvalue weighted by molar-refractivity contribution is 0.388. The van der Waals surface area contributed by atoms with E-state index in [1.165, 1.54) is 0 Å². The lowest BCUT2D eigenvalue weighted by Gasteiger charge is -1.95. The van der Waals surface area contributed by atoms with E-state index >= 15 is 0 Å². The van der Waals surface area contributed by atoms with Gasteiger partial charge in [-0.05, 0) is 12.1 Å². The largest absolute Gasteiger partial charge is 0.408 e. The summed E-state index contributed by atoms with van der Waals surface area (Å²) in [6.45, 7) is 2.38. The molecular formula is C13H13N5O2. The fourth-order valence-electron chi connectivity index (χ4n) is 1.68. The van der Waals surface area contributed by atoms with E-state index in [-0.39, 0.29) is 0 Å². The Kier molecular flexibility index (Phi) is 3.40. The second-order valence-corrected chi connectivity index (χ2v) is 4.13. The van der Waals surface area contributed by atoms with Gasteiger partial charge in [-0.2, -0.15) is 0 Å². The van der Waals surface area contributed by atoms with Crippen LogP contribution in [0.2, 0.25) is 0 Å². The molecule has 0 aliphatic rings. The number of hydrogen-bond acceptors (Lipinski definition) is 7. The zero-order valence-electron chi connectivity index (χ0n) is 10.9. The van der Waals surface area contributed by atoms with Gasteiger partial charge in [-0.25, -0.2) is 0 Å². The summed E-state index contributed by atoms with van der Waals surface area (Å²) in [5.74, 6) is 1.28. The van der Waals surface area contributed by atoms with Crippen LogP contribution in [-0.2, 0) is 13.0 Å². The molecule has 102 valence electrons. The molecule has 3 heterocycles. The first-order valence-corrected chi connectivity index (χ1v) is 6.27. The standard InChI is InChI=1S/C13H13N5O2/c1-2-12-16-17-13(19-12)15-8-10-6-11(18-20-10)9-4-3-5-14-7-9/h3-7H,2,8H2,1H3,(H,15,17). The summed E-state index contributed by atoms with van der Waals surface area (Å²) in [4.78, 5) is 4.05. The molecule has 0 fully saturated rings. The summed E-state index contributed by atoms with van der Waals surface area (Å²) >= 11 is 0. The highest BCUT2D eigenvalue weighted by Gasteiger charge is 2.08. The van der Waals surface area contributed by atoms with Crippen molar-refractivity contribution < 1.29 is 8.94 Å². The molecule has 0 saturated carbocycles. The molecule has 0 aromatic carbocycles. The van der Waals surface area contributed by atoms with Gasteiger partial charge in [0.2, 0.25) is 5.89 Å². The zero-order chi connectivity index (χ0) is 13.8. The maximum absolute atomic E-state index is 5.34. The van der Waals surface area contributed by atoms with Gasteiger partial charge in [0.1, 0.15) is 5.69 Å². The van der Waals surface area contributed by atoms with Gasteiger partial charge < -0.3 is 14.3 Å². The van der Waals surface area contributed by atoms with Gasteiger partial charge in [0, 0.05) is 30.4 Å². The molecule has 0 unspecified atom stereocenters. The Hall–Kier alpha value is -2.70. The van der Waals surface area contributed by atoms with Crippen LogP contribution in [0.15, 0.2) is 39.5 Å². The Morgan fingerprint density at radius 2 is 2.25 bits per heavy atom. The Morgan fingerprint density at radius 3 is 3.00 bits per heavy atom. The Bertz CT molecular complexity index is 677. The third-order valence-electron chi connectivity index (χ3n) is 2.70. The predicted molar refractivity (Wildman–Crippen MR) is 70.7 cm³/mol. The molecule has 0 atom stereocenters. The molecule has 20 heavy (non-hydrogen) atoms. The summed E-state index contributed by atoms with van der Waals surface area (Å²) in [6, 6.07) is 6.00. The molecule has 0 spiro atoms. The van der Waals surface area contributed by atoms with Crippen LogP contribution in [0.4, 0.5) is 6.01 Å². The first-order chi connectivity index (χ1) is 9.85. The first-order valence-electron chi connectivity index (χ1n) is 6.27. The van der Waals surface area contributed by atoms with E-state index in [0.29, 0.717) is 30.6 Å². The van der Waals surface area contributed by atoms with Crippen molar-refractivity contribution in [1.29, 1.82) is 0 Å². The van der Waals surface area contributed by atoms with Crippen LogP contribution in [0.3, 0.4) is 0 Å². The monoisotopic (exact) mass is 271 g/mol. The molecule has 7 nitrogen and oxygen atoms in total. The molecule has 0 amide bonds. The average Bonchev–Trinajstić information content (AvgIpc) is 3.15. The van der Waals surface area contributed by atoms with E-state index in [2.05, 4.69) is 25.7 Å². The van der Waals surface area contributed by atoms with E-state index in [4.69, 9.17) is 8.94 Å². The minimum Gasteiger partial charge on any atom is -0.408 e. The van der Waals surface area contributed by atoms with Crippen molar-refractivity contribution in [2.75, 3.05) is 5.32 Å². The summed E-state index contributed by atoms with van der Waals surface area (Å²) in [5.41, 5.74) is 1.66. The lowest BCUT2D eigenvalue weighted by atomic mass is 10.2. The third kappa shape index (κ3) is 2.66. The molecular weight excluding hydrogens is 258 g/mol. The van der Waals surface area contributed by atoms with E-state index in [0.717, 1.165) is 11.3 Å². The van der Waals surface area contributed by atoms with Crippen molar-refractivity contribution >= 4 is 6.01 Å². The number of anilines is 1. The Morgan fingerprint density at radius 1 is 1.30 bits per heavy atom. The van der Waals surface area contributed by atoms with Crippen molar-refractivity contribution in [3.8, 4) is 11.3 Å². The van der Waals surface area contributed by atoms with Crippen LogP contribution in [0, 0.1) is 0 Å². The second kappa shape index (κ2) is 5.52. The fraction of sp³-hybridized carbons (Fsp3) is 0.231. The molecule has 0 bridgehead atoms. The van der Waals surface area contributed by atoms with Crippen LogP contribution in [0.25, 0.3) is 11.3 Å². The SMILES string of the molecule is CCc1nnc(NCc2cc(-c3cccnc3)no2)o1. The summed E-state index contributed by atoms with van der Waals surface area (Å²) in [5, 5.41) is 14.7. The highest BCUT2D eigenvalue weighted by molar-refractivity contribution is 5.57. The second-order valence-electron chi connectivity index (χ2n) is 4.13. The van der Waals surface area contributed by atoms with Crippen molar-refractivity contribution in [1.82, 2.24) is 20.3 Å². The Labute approximate surface area is 115 Å². The van der Waals surface area contributed by atoms with Crippen LogP contribution >= 0.6 is 0 Å². The lowest BCUT2D eigenvalue weighted by Crippen LogP contribution is -1.98. The van der Waals surface area contributed by atoms with Gasteiger partial charge in [-0.15, -0.1) is 5.10 Å². The molecule has 0 aliphatic carbocycles. The van der Waals surface area contributed by atoms with Crippen LogP contribution < -0.4 is 5.32 Å². The highest BCUT2D eigenvalue weighted by atomic mass is 16.5. The topological polar surface area (TPSA) is 89.9 Å². The van der Waals surface area contributed by atoms with Crippen LogP contribution in [0.5, 0.6) is 0 Å². The van der Waals surface area contributed by atoms with Crippen LogP contribution in [-0.4, -0.2) is 20.3 Å². The van der Waals surface area contributed by atoms with Gasteiger partial charge >= 0.3 is 6.01 Å². The minimum atomic E-state index is 0.376. The molecule has 0 aliphatic heterocycles. The maximum atomic E-state index is 5.34. The molecule has 7 heteroatoms. The number of rotatable bonds is 5. The summed E-state index contributed by atoms with van der Waals surface area (Å²) in [6.07, 6.45) is 4.16. The van der Waals surface area contributed by atoms with E-state index < -0.39 is 0 Å². The van der Waals surface area contributed by atoms with Gasteiger partial charge in [0.15, 0.2) is 5.76 Å². The van der Waals surface area contributed by atoms with Gasteiger partial charge in [-0.3, -0.25) is 4.98 Å². The van der Waals surface area contributed by atoms with Gasteiger partial charge in [0.25, 0.3) is 0 Å². The molecule has 1 N–H and O–H groups in total. The maximum Gasteiger partial charge on any atom is 0.315 e. The smallest absolute Gasteiger partial charge is 0.315 e. The van der Waals surface area contributed by atoms with Crippen molar-refractivity contribution in [2.45, 2.75) is 19.9 Å². The van der Waals surface area contributed by atoms with E-state index in [9.17, 15) is 0 Å². The van der Waals surface area contributed by atoms with Crippen molar-refractivity contribution in [3.63, 3.8) is 0 Å². The molecule has 0 saturated heterocycles. The van der Waals surface area contributed by atoms with E-state index in [1.54, 1.807) is 12.4 Å². The molecule has 3 aromatic heterocycles. The number of nitrogens with zero attached hydrogens (tertiary/aromatic N) is 4. The number of pyridine rings is 1. The number of hydrogen-bond donors (Lipinski definition) is 1. The zero-order valence-corrected chi connectivity index (χ0v) is 10.9. The minimum absolute atomic E-state index is 0.376. The number of aromatic nitrogens is 4. The summed E-state index contributed by atoms with van der Waals surface area (Å²) < 4.78 is 10.6. The molecule has 3 aromatic rings. The highest BCUT2D eigenvalue weighted by Crippen LogP contribution is 2.18. The fourth-order valence-corrected chi connectivity index (χ4v) is 1.68. The van der Waals surface area contributed by atoms with Crippen LogP contribution in [0.1, 0.15) is 18.6 Å². The number of nitrogens with one attached hydrogen (secondary N) is 1. The third-order valence-corrected chi connectivity index (χ3v) is 2.70. The molecule has 3 rings (SSSR count). The van der Waals surface area contributed by atoms with Crippen molar-refractivity contribution in [2.24, 2.45) is 0 Å². The normalized spacial score (nSPS) is 10.7. The quantitative estimate of drug-likeness (QED) is 0.761. The predicted octanol–water partition coefficient (Wildman–Crippen LogP) is 2.29. The summed E-state index contributed by atoms with van der Waals surface area (Å²) in [7, 11) is 0.